The summed E-state index contributed by atoms with van der Waals surface area (Å²) >= 11 is 3.48. The van der Waals surface area contributed by atoms with E-state index in [-0.39, 0.29) is 5.91 Å². The van der Waals surface area contributed by atoms with Crippen molar-refractivity contribution in [3.05, 3.63) is 93.0 Å². The number of aromatic nitrogens is 1. The lowest BCUT2D eigenvalue weighted by Crippen LogP contribution is -2.14. The van der Waals surface area contributed by atoms with Gasteiger partial charge in [0, 0.05) is 21.1 Å². The second kappa shape index (κ2) is 8.04. The fraction of sp³-hybridized carbons (Fsp3) is 0.154. The summed E-state index contributed by atoms with van der Waals surface area (Å²) in [5.74, 6) is -0.133. The summed E-state index contributed by atoms with van der Waals surface area (Å²) in [4.78, 5) is 18.3. The zero-order chi connectivity index (χ0) is 21.4. The Morgan fingerprint density at radius 3 is 2.27 bits per heavy atom. The molecule has 0 bridgehead atoms. The molecule has 1 amide bonds. The predicted molar refractivity (Wildman–Crippen MR) is 128 cm³/mol. The molecule has 3 aromatic carbocycles. The summed E-state index contributed by atoms with van der Waals surface area (Å²) < 4.78 is 0.986. The molecule has 0 spiro atoms. The fourth-order valence-electron chi connectivity index (χ4n) is 3.70. The van der Waals surface area contributed by atoms with Gasteiger partial charge in [0.05, 0.1) is 16.8 Å². The van der Waals surface area contributed by atoms with Crippen LogP contribution in [0.15, 0.2) is 65.1 Å². The number of rotatable bonds is 3. The van der Waals surface area contributed by atoms with Crippen LogP contribution in [0.3, 0.4) is 0 Å². The average Bonchev–Trinajstić information content (AvgIpc) is 2.70. The fourth-order valence-corrected chi connectivity index (χ4v) is 4.17. The Bertz CT molecular complexity index is 1280. The molecule has 1 aromatic heterocycles. The molecule has 0 saturated carbocycles. The van der Waals surface area contributed by atoms with Gasteiger partial charge in [0.2, 0.25) is 0 Å². The van der Waals surface area contributed by atoms with Crippen LogP contribution in [0.4, 0.5) is 5.69 Å². The first-order valence-electron chi connectivity index (χ1n) is 9.88. The third kappa shape index (κ3) is 4.01. The van der Waals surface area contributed by atoms with Crippen molar-refractivity contribution in [3.63, 3.8) is 0 Å². The van der Waals surface area contributed by atoms with Crippen LogP contribution in [0.25, 0.3) is 22.2 Å². The standard InChI is InChI=1S/C26H23BrN2O/c1-15-5-7-19(8-6-15)24-14-22(21-12-16(2)11-18(4)25(21)28-24)26(30)29-23-10-9-20(27)13-17(23)3/h5-14H,1-4H3,(H,29,30). The number of nitrogens with zero attached hydrogens (tertiary/aromatic N) is 1. The second-order valence-electron chi connectivity index (χ2n) is 7.81. The highest BCUT2D eigenvalue weighted by atomic mass is 79.9. The van der Waals surface area contributed by atoms with Gasteiger partial charge in [-0.3, -0.25) is 4.79 Å². The van der Waals surface area contributed by atoms with E-state index in [0.717, 1.165) is 49.0 Å². The molecule has 4 aromatic rings. The molecular weight excluding hydrogens is 436 g/mol. The van der Waals surface area contributed by atoms with Crippen LogP contribution in [-0.2, 0) is 0 Å². The lowest BCUT2D eigenvalue weighted by atomic mass is 9.99. The molecule has 1 N–H and O–H groups in total. The highest BCUT2D eigenvalue weighted by Crippen LogP contribution is 2.29. The van der Waals surface area contributed by atoms with E-state index in [1.807, 2.05) is 63.2 Å². The van der Waals surface area contributed by atoms with Crippen molar-refractivity contribution in [1.29, 1.82) is 0 Å². The van der Waals surface area contributed by atoms with Gasteiger partial charge in [-0.1, -0.05) is 57.4 Å². The molecule has 0 unspecified atom stereocenters. The number of pyridine rings is 1. The van der Waals surface area contributed by atoms with Crippen LogP contribution >= 0.6 is 15.9 Å². The Morgan fingerprint density at radius 2 is 1.57 bits per heavy atom. The van der Waals surface area contributed by atoms with Crippen LogP contribution in [0.2, 0.25) is 0 Å². The van der Waals surface area contributed by atoms with Crippen molar-refractivity contribution in [2.75, 3.05) is 5.32 Å². The molecule has 4 rings (SSSR count). The molecule has 0 radical (unpaired) electrons. The molecule has 0 aliphatic carbocycles. The lowest BCUT2D eigenvalue weighted by molar-refractivity contribution is 0.102. The average molecular weight is 459 g/mol. The number of fused-ring (bicyclic) bond motifs is 1. The monoisotopic (exact) mass is 458 g/mol. The quantitative estimate of drug-likeness (QED) is 0.354. The number of benzene rings is 3. The minimum atomic E-state index is -0.133. The van der Waals surface area contributed by atoms with Gasteiger partial charge in [0.15, 0.2) is 0 Å². The molecule has 150 valence electrons. The highest BCUT2D eigenvalue weighted by Gasteiger charge is 2.17. The smallest absolute Gasteiger partial charge is 0.256 e. The number of hydrogen-bond acceptors (Lipinski definition) is 2. The van der Waals surface area contributed by atoms with E-state index in [9.17, 15) is 4.79 Å². The van der Waals surface area contributed by atoms with Crippen LogP contribution < -0.4 is 5.32 Å². The van der Waals surface area contributed by atoms with Crippen molar-refractivity contribution in [3.8, 4) is 11.3 Å². The second-order valence-corrected chi connectivity index (χ2v) is 8.73. The Balaban J connectivity index is 1.87. The minimum absolute atomic E-state index is 0.133. The lowest BCUT2D eigenvalue weighted by Gasteiger charge is -2.14. The maximum absolute atomic E-state index is 13.4. The summed E-state index contributed by atoms with van der Waals surface area (Å²) in [5, 5.41) is 3.96. The van der Waals surface area contributed by atoms with Gasteiger partial charge in [-0.25, -0.2) is 4.98 Å². The van der Waals surface area contributed by atoms with Crippen molar-refractivity contribution in [2.45, 2.75) is 27.7 Å². The number of anilines is 1. The minimum Gasteiger partial charge on any atom is -0.322 e. The van der Waals surface area contributed by atoms with Gasteiger partial charge in [0.25, 0.3) is 5.91 Å². The van der Waals surface area contributed by atoms with Crippen LogP contribution in [0.5, 0.6) is 0 Å². The van der Waals surface area contributed by atoms with Gasteiger partial charge in [-0.2, -0.15) is 0 Å². The normalized spacial score (nSPS) is 11.0. The predicted octanol–water partition coefficient (Wildman–Crippen LogP) is 7.15. The highest BCUT2D eigenvalue weighted by molar-refractivity contribution is 9.10. The first-order chi connectivity index (χ1) is 14.3. The largest absolute Gasteiger partial charge is 0.322 e. The molecule has 3 nitrogen and oxygen atoms in total. The van der Waals surface area contributed by atoms with Gasteiger partial charge in [0.1, 0.15) is 0 Å². The Kier molecular flexibility index (Phi) is 5.44. The molecule has 0 saturated heterocycles. The Labute approximate surface area is 185 Å². The molecule has 0 aliphatic heterocycles. The van der Waals surface area contributed by atoms with Gasteiger partial charge in [-0.15, -0.1) is 0 Å². The van der Waals surface area contributed by atoms with E-state index in [1.165, 1.54) is 5.56 Å². The van der Waals surface area contributed by atoms with Crippen LogP contribution in [-0.4, -0.2) is 10.9 Å². The summed E-state index contributed by atoms with van der Waals surface area (Å²) in [6, 6.07) is 20.1. The SMILES string of the molecule is Cc1ccc(-c2cc(C(=O)Nc3ccc(Br)cc3C)c3cc(C)cc(C)c3n2)cc1. The molecule has 1 heterocycles. The van der Waals surface area contributed by atoms with Gasteiger partial charge >= 0.3 is 0 Å². The van der Waals surface area contributed by atoms with E-state index in [0.29, 0.717) is 5.56 Å². The van der Waals surface area contributed by atoms with Crippen molar-refractivity contribution in [1.82, 2.24) is 4.98 Å². The number of carbonyl (C=O) groups excluding carboxylic acids is 1. The summed E-state index contributed by atoms with van der Waals surface area (Å²) in [6.07, 6.45) is 0. The van der Waals surface area contributed by atoms with Crippen molar-refractivity contribution < 1.29 is 4.79 Å². The maximum atomic E-state index is 13.4. The molecule has 0 aliphatic rings. The third-order valence-electron chi connectivity index (χ3n) is 5.28. The van der Waals surface area contributed by atoms with Crippen molar-refractivity contribution in [2.24, 2.45) is 0 Å². The van der Waals surface area contributed by atoms with Gasteiger partial charge < -0.3 is 5.32 Å². The zero-order valence-corrected chi connectivity index (χ0v) is 19.1. The van der Waals surface area contributed by atoms with E-state index in [4.69, 9.17) is 4.98 Å². The molecule has 4 heteroatoms. The summed E-state index contributed by atoms with van der Waals surface area (Å²) in [7, 11) is 0. The van der Waals surface area contributed by atoms with Crippen LogP contribution in [0.1, 0.15) is 32.6 Å². The summed E-state index contributed by atoms with van der Waals surface area (Å²) in [5.41, 5.74) is 8.45. The molecule has 0 fully saturated rings. The van der Waals surface area contributed by atoms with Gasteiger partial charge in [-0.05, 0) is 69.2 Å². The van der Waals surface area contributed by atoms with Crippen molar-refractivity contribution >= 4 is 38.4 Å². The number of carbonyl (C=O) groups is 1. The Morgan fingerprint density at radius 1 is 0.833 bits per heavy atom. The molecule has 0 atom stereocenters. The maximum Gasteiger partial charge on any atom is 0.256 e. The topological polar surface area (TPSA) is 42.0 Å². The summed E-state index contributed by atoms with van der Waals surface area (Å²) in [6.45, 7) is 8.13. The third-order valence-corrected chi connectivity index (χ3v) is 5.77. The van der Waals surface area contributed by atoms with E-state index < -0.39 is 0 Å². The number of hydrogen-bond donors (Lipinski definition) is 1. The zero-order valence-electron chi connectivity index (χ0n) is 17.5. The Hall–Kier alpha value is -2.98. The van der Waals surface area contributed by atoms with E-state index in [2.05, 4.69) is 46.4 Å². The first-order valence-corrected chi connectivity index (χ1v) is 10.7. The van der Waals surface area contributed by atoms with E-state index in [1.54, 1.807) is 0 Å². The van der Waals surface area contributed by atoms with E-state index >= 15 is 0 Å². The molecule has 30 heavy (non-hydrogen) atoms. The number of aryl methyl sites for hydroxylation is 4. The number of nitrogens with one attached hydrogen (secondary N) is 1. The first kappa shape index (κ1) is 20.3. The van der Waals surface area contributed by atoms with Crippen LogP contribution in [0, 0.1) is 27.7 Å². The molecular formula is C26H23BrN2O. The number of amides is 1. The number of halogens is 1.